The van der Waals surface area contributed by atoms with Crippen LogP contribution in [0.15, 0.2) is 25.0 Å². The summed E-state index contributed by atoms with van der Waals surface area (Å²) in [4.78, 5) is 64.4. The molecule has 2 aromatic rings. The number of aliphatic carboxylic acids is 1. The number of aromatic amines is 2. The molecule has 0 saturated carbocycles. The number of aromatic nitrogens is 4. The monoisotopic (exact) mass is 520 g/mol. The van der Waals surface area contributed by atoms with Gasteiger partial charge in [-0.15, -0.1) is 0 Å². The number of amides is 3. The highest BCUT2D eigenvalue weighted by atomic mass is 32.2. The fourth-order valence-corrected chi connectivity index (χ4v) is 4.34. The number of carboxylic acids is 1. The number of hydrogen-bond acceptors (Lipinski definition) is 8. The number of carbonyl (C=O) groups is 4. The number of carboxylic acid groups (broad SMARTS) is 1. The van der Waals surface area contributed by atoms with Gasteiger partial charge >= 0.3 is 5.97 Å². The second kappa shape index (κ2) is 13.6. The number of hydrogen-bond donors (Lipinski definition) is 7. The smallest absolute Gasteiger partial charge is 0.326 e. The molecular formula is C22H32N8O5S. The lowest BCUT2D eigenvalue weighted by molar-refractivity contribution is -0.142. The van der Waals surface area contributed by atoms with Crippen LogP contribution in [0.3, 0.4) is 0 Å². The van der Waals surface area contributed by atoms with Gasteiger partial charge in [-0.05, 0) is 37.8 Å². The van der Waals surface area contributed by atoms with Gasteiger partial charge in [0, 0.05) is 36.6 Å². The third kappa shape index (κ3) is 8.09. The third-order valence-corrected chi connectivity index (χ3v) is 6.47. The molecule has 0 radical (unpaired) electrons. The van der Waals surface area contributed by atoms with Gasteiger partial charge < -0.3 is 36.3 Å². The first-order chi connectivity index (χ1) is 17.4. The molecule has 0 spiro atoms. The van der Waals surface area contributed by atoms with Gasteiger partial charge in [0.05, 0.1) is 18.7 Å². The van der Waals surface area contributed by atoms with Crippen molar-refractivity contribution < 1.29 is 24.3 Å². The van der Waals surface area contributed by atoms with Crippen molar-refractivity contribution in [1.29, 1.82) is 0 Å². The quantitative estimate of drug-likeness (QED) is 0.163. The molecule has 0 bridgehead atoms. The van der Waals surface area contributed by atoms with Crippen LogP contribution < -0.4 is 21.3 Å². The molecular weight excluding hydrogens is 488 g/mol. The van der Waals surface area contributed by atoms with Gasteiger partial charge in [0.25, 0.3) is 0 Å². The average Bonchev–Trinajstić information content (AvgIpc) is 3.64. The van der Waals surface area contributed by atoms with Crippen molar-refractivity contribution in [3.05, 3.63) is 36.4 Å². The van der Waals surface area contributed by atoms with Crippen LogP contribution in [0, 0.1) is 0 Å². The molecule has 14 heteroatoms. The number of carbonyl (C=O) groups excluding carboxylic acids is 3. The van der Waals surface area contributed by atoms with Gasteiger partial charge in [-0.2, -0.15) is 11.8 Å². The molecule has 1 saturated heterocycles. The molecule has 196 valence electrons. The number of rotatable bonds is 14. The molecule has 13 nitrogen and oxygen atoms in total. The molecule has 3 rings (SSSR count). The van der Waals surface area contributed by atoms with Crippen molar-refractivity contribution in [2.24, 2.45) is 0 Å². The highest BCUT2D eigenvalue weighted by Crippen LogP contribution is 2.08. The van der Waals surface area contributed by atoms with Crippen molar-refractivity contribution in [1.82, 2.24) is 41.2 Å². The first-order valence-corrected chi connectivity index (χ1v) is 13.1. The van der Waals surface area contributed by atoms with Crippen molar-refractivity contribution in [2.45, 2.75) is 56.3 Å². The van der Waals surface area contributed by atoms with Crippen LogP contribution in [0.1, 0.15) is 30.7 Å². The zero-order chi connectivity index (χ0) is 25.9. The first-order valence-electron chi connectivity index (χ1n) is 11.7. The van der Waals surface area contributed by atoms with Gasteiger partial charge in [-0.3, -0.25) is 14.4 Å². The van der Waals surface area contributed by atoms with Crippen LogP contribution in [0.2, 0.25) is 0 Å². The molecule has 3 amide bonds. The molecule has 1 fully saturated rings. The molecule has 2 aromatic heterocycles. The molecule has 4 atom stereocenters. The van der Waals surface area contributed by atoms with Crippen LogP contribution in [0.25, 0.3) is 0 Å². The van der Waals surface area contributed by atoms with Crippen LogP contribution in [-0.4, -0.2) is 91.5 Å². The predicted octanol–water partition coefficient (Wildman–Crippen LogP) is -1.04. The van der Waals surface area contributed by atoms with Crippen LogP contribution >= 0.6 is 11.8 Å². The summed E-state index contributed by atoms with van der Waals surface area (Å²) in [5.41, 5.74) is 1.20. The van der Waals surface area contributed by atoms with Crippen molar-refractivity contribution >= 4 is 35.5 Å². The highest BCUT2D eigenvalue weighted by Gasteiger charge is 2.32. The van der Waals surface area contributed by atoms with Crippen molar-refractivity contribution in [2.75, 3.05) is 18.6 Å². The minimum atomic E-state index is -1.21. The summed E-state index contributed by atoms with van der Waals surface area (Å²) in [5.74, 6) is -2.10. The van der Waals surface area contributed by atoms with Crippen LogP contribution in [0.4, 0.5) is 0 Å². The Labute approximate surface area is 212 Å². The topological polar surface area (TPSA) is 194 Å². The van der Waals surface area contributed by atoms with Gasteiger partial charge in [-0.25, -0.2) is 14.8 Å². The Kier molecular flexibility index (Phi) is 10.3. The van der Waals surface area contributed by atoms with E-state index in [-0.39, 0.29) is 31.2 Å². The minimum absolute atomic E-state index is 0.0111. The Morgan fingerprint density at radius 2 is 1.61 bits per heavy atom. The summed E-state index contributed by atoms with van der Waals surface area (Å²) in [6.45, 7) is 0.732. The number of imidazole rings is 2. The fraction of sp³-hybridized carbons (Fsp3) is 0.545. The van der Waals surface area contributed by atoms with Gasteiger partial charge in [0.1, 0.15) is 18.1 Å². The van der Waals surface area contributed by atoms with E-state index in [1.54, 1.807) is 6.20 Å². The lowest BCUT2D eigenvalue weighted by Gasteiger charge is -2.25. The molecule has 0 aromatic carbocycles. The van der Waals surface area contributed by atoms with Crippen LogP contribution in [0.5, 0.6) is 0 Å². The molecule has 36 heavy (non-hydrogen) atoms. The van der Waals surface area contributed by atoms with Gasteiger partial charge in [0.2, 0.25) is 17.7 Å². The number of nitrogens with zero attached hydrogens (tertiary/aromatic N) is 2. The van der Waals surface area contributed by atoms with E-state index in [0.717, 1.165) is 13.0 Å². The SMILES string of the molecule is CSCCC(NC(=O)C(Cc1cnc[nH]1)NC(=O)C1CCCN1)C(=O)NC(Cc1cnc[nH]1)C(=O)O. The van der Waals surface area contributed by atoms with Crippen molar-refractivity contribution in [3.8, 4) is 0 Å². The maximum atomic E-state index is 13.3. The van der Waals surface area contributed by atoms with Gasteiger partial charge in [-0.1, -0.05) is 0 Å². The summed E-state index contributed by atoms with van der Waals surface area (Å²) in [7, 11) is 0. The Hall–Kier alpha value is -3.39. The maximum Gasteiger partial charge on any atom is 0.326 e. The summed E-state index contributed by atoms with van der Waals surface area (Å²) >= 11 is 1.49. The summed E-state index contributed by atoms with van der Waals surface area (Å²) in [5, 5.41) is 20.7. The maximum absolute atomic E-state index is 13.3. The summed E-state index contributed by atoms with van der Waals surface area (Å²) in [6, 6.07) is -3.53. The van der Waals surface area contributed by atoms with E-state index in [1.807, 2.05) is 6.26 Å². The number of nitrogens with one attached hydrogen (secondary N) is 6. The third-order valence-electron chi connectivity index (χ3n) is 5.83. The Morgan fingerprint density at radius 3 is 2.14 bits per heavy atom. The Balaban J connectivity index is 1.70. The fourth-order valence-electron chi connectivity index (χ4n) is 3.87. The highest BCUT2D eigenvalue weighted by molar-refractivity contribution is 7.98. The van der Waals surface area contributed by atoms with Crippen molar-refractivity contribution in [3.63, 3.8) is 0 Å². The average molecular weight is 521 g/mol. The van der Waals surface area contributed by atoms with E-state index >= 15 is 0 Å². The van der Waals surface area contributed by atoms with E-state index in [4.69, 9.17) is 0 Å². The lowest BCUT2D eigenvalue weighted by Crippen LogP contribution is -2.57. The molecule has 1 aliphatic heterocycles. The largest absolute Gasteiger partial charge is 0.480 e. The first kappa shape index (κ1) is 27.2. The van der Waals surface area contributed by atoms with Gasteiger partial charge in [0.15, 0.2) is 0 Å². The van der Waals surface area contributed by atoms with E-state index in [1.165, 1.54) is 30.6 Å². The van der Waals surface area contributed by atoms with E-state index in [9.17, 15) is 24.3 Å². The second-order valence-electron chi connectivity index (χ2n) is 8.51. The zero-order valence-corrected chi connectivity index (χ0v) is 20.8. The molecule has 7 N–H and O–H groups in total. The number of thioether (sulfide) groups is 1. The predicted molar refractivity (Wildman–Crippen MR) is 132 cm³/mol. The van der Waals surface area contributed by atoms with E-state index in [2.05, 4.69) is 41.2 Å². The van der Waals surface area contributed by atoms with E-state index < -0.39 is 35.9 Å². The Bertz CT molecular complexity index is 994. The lowest BCUT2D eigenvalue weighted by atomic mass is 10.1. The molecule has 3 heterocycles. The molecule has 4 unspecified atom stereocenters. The number of H-pyrrole nitrogens is 2. The molecule has 1 aliphatic rings. The summed E-state index contributed by atoms with van der Waals surface area (Å²) < 4.78 is 0. The van der Waals surface area contributed by atoms with E-state index in [0.29, 0.717) is 23.6 Å². The Morgan fingerprint density at radius 1 is 1.00 bits per heavy atom. The normalized spacial score (nSPS) is 17.6. The summed E-state index contributed by atoms with van der Waals surface area (Å²) in [6.07, 6.45) is 9.80. The molecule has 0 aliphatic carbocycles. The van der Waals surface area contributed by atoms with Crippen LogP contribution in [-0.2, 0) is 32.0 Å². The second-order valence-corrected chi connectivity index (χ2v) is 9.50. The standard InChI is InChI=1S/C22H32N8O5S/c1-36-6-4-16(20(32)30-18(22(34)35)8-14-10-24-12-27-14)28-21(33)17(7-13-9-23-11-26-13)29-19(31)15-3-2-5-25-15/h9-12,15-18,25H,2-8H2,1H3,(H,23,26)(H,24,27)(H,28,33)(H,29,31)(H,30,32)(H,34,35). The minimum Gasteiger partial charge on any atom is -0.480 e. The zero-order valence-electron chi connectivity index (χ0n) is 20.0.